The summed E-state index contributed by atoms with van der Waals surface area (Å²) in [6.07, 6.45) is -7.62. The van der Waals surface area contributed by atoms with Gasteiger partial charge in [-0.25, -0.2) is 19.3 Å². The number of thioether (sulfide) groups is 1. The molecule has 0 spiro atoms. The molecule has 0 radical (unpaired) electrons. The van der Waals surface area contributed by atoms with Crippen LogP contribution in [-0.4, -0.2) is 126 Å². The number of nitrogens with one attached hydrogen (secondary N) is 2. The second kappa shape index (κ2) is 21.0. The fourth-order valence-corrected chi connectivity index (χ4v) is 11.3. The summed E-state index contributed by atoms with van der Waals surface area (Å²) in [5.41, 5.74) is 3.31. The van der Waals surface area contributed by atoms with Gasteiger partial charge in [-0.2, -0.15) is 0 Å². The number of fused-ring (bicyclic) bond motifs is 2. The zero-order chi connectivity index (χ0) is 48.3. The minimum atomic E-state index is -5.95. The molecule has 3 fully saturated rings. The number of rotatable bonds is 22. The van der Waals surface area contributed by atoms with Crippen molar-refractivity contribution in [3.05, 3.63) is 12.7 Å². The van der Waals surface area contributed by atoms with Crippen molar-refractivity contribution in [2.45, 2.75) is 96.0 Å². The van der Waals surface area contributed by atoms with E-state index in [1.165, 1.54) is 13.8 Å². The largest absolute Gasteiger partial charge is 0.790 e. The number of imidazole rings is 1. The van der Waals surface area contributed by atoms with Gasteiger partial charge in [0.2, 0.25) is 11.8 Å². The van der Waals surface area contributed by atoms with Crippen LogP contribution in [0.1, 0.15) is 65.5 Å². The fraction of sp³-hybridized carbons (Fsp3) is 0.706. The molecule has 3 heterocycles. The predicted octanol–water partition coefficient (Wildman–Crippen LogP) is -3.15. The first kappa shape index (κ1) is 52.8. The van der Waals surface area contributed by atoms with Crippen molar-refractivity contribution in [2.24, 2.45) is 22.7 Å². The van der Waals surface area contributed by atoms with Crippen LogP contribution in [0.5, 0.6) is 0 Å². The Morgan fingerprint density at radius 3 is 2.45 bits per heavy atom. The molecule has 11 atom stereocenters. The van der Waals surface area contributed by atoms with Crippen LogP contribution in [0.3, 0.4) is 0 Å². The van der Waals surface area contributed by atoms with Crippen molar-refractivity contribution in [2.75, 3.05) is 37.8 Å². The quantitative estimate of drug-likeness (QED) is 0.0385. The molecule has 2 amide bonds. The third-order valence-corrected chi connectivity index (χ3v) is 15.3. The SMILES string of the molecule is CC(C)(COP(=O)([O-])OP(=O)([O-])OC[C@H]1O[C@@H](n2cnc3c(N)ncnc32)[C@H](O)[C@@H]1OP(=O)([O-])[O-])[C@@H](O)C(=O)NCCC(=O)NCCSC(=O)CC(=O)[C@@H]1[C@H](O)CC[C@]2(C)C(=O)CC[C@@H]12. The average molecular weight is 1000 g/mol. The van der Waals surface area contributed by atoms with Crippen LogP contribution in [-0.2, 0) is 60.3 Å². The number of nitrogen functional groups attached to an aromatic ring is 1. The molecular formula is C34H48N7O20P3S-4. The standard InChI is InChI=1S/C34H52N7O20P3S/c1-33(2,28(48)31(49)37-9-7-22(45)36-10-11-65-23(46)12-19(43)24-17-4-5-21(44)34(17,3)8-6-18(24)42)14-58-64(55,56)61-63(53,54)57-13-20-27(60-62(50,51)52)26(47)32(59-20)41-16-40-25-29(35)38-15-39-30(25)41/h15-18,20,24,26-28,32,42,47-48H,4-14H2,1-3H3,(H,36,45)(H,37,49)(H,53,54)(H,55,56)(H2,35,38,39)(H2,50,51,52)/p-4/t17-,18+,20+,24-,26+,27+,28-,32+,34-/m0/s1. The van der Waals surface area contributed by atoms with E-state index in [0.717, 1.165) is 29.0 Å². The Labute approximate surface area is 374 Å². The van der Waals surface area contributed by atoms with Gasteiger partial charge in [0.25, 0.3) is 15.6 Å². The fourth-order valence-electron chi connectivity index (χ4n) is 7.92. The summed E-state index contributed by atoms with van der Waals surface area (Å²) in [5, 5.41) is 36.3. The third-order valence-electron chi connectivity index (χ3n) is 11.4. The normalized spacial score (nSPS) is 28.3. The lowest BCUT2D eigenvalue weighted by Crippen LogP contribution is -2.47. The molecule has 2 unspecified atom stereocenters. The Bertz CT molecular complexity index is 2270. The highest BCUT2D eigenvalue weighted by molar-refractivity contribution is 8.13. The van der Waals surface area contributed by atoms with Gasteiger partial charge < -0.3 is 74.1 Å². The zero-order valence-electron chi connectivity index (χ0n) is 34.9. The average Bonchev–Trinajstić information content (AvgIpc) is 3.86. The maximum atomic E-state index is 13.0. The van der Waals surface area contributed by atoms with Crippen LogP contribution < -0.4 is 35.9 Å². The van der Waals surface area contributed by atoms with Gasteiger partial charge in [-0.1, -0.05) is 32.5 Å². The Kier molecular flexibility index (Phi) is 17.1. The van der Waals surface area contributed by atoms with Crippen LogP contribution in [0.2, 0.25) is 0 Å². The number of carbonyl (C=O) groups excluding carboxylic acids is 5. The van der Waals surface area contributed by atoms with Crippen LogP contribution in [0.15, 0.2) is 12.7 Å². The molecule has 27 nitrogen and oxygen atoms in total. The van der Waals surface area contributed by atoms with E-state index in [1.54, 1.807) is 0 Å². The Morgan fingerprint density at radius 2 is 1.75 bits per heavy atom. The molecule has 364 valence electrons. The van der Waals surface area contributed by atoms with E-state index in [0.29, 0.717) is 25.7 Å². The topological polar surface area (TPSA) is 429 Å². The van der Waals surface area contributed by atoms with Crippen molar-refractivity contribution < 1.29 is 95.2 Å². The zero-order valence-corrected chi connectivity index (χ0v) is 38.4. The highest BCUT2D eigenvalue weighted by Crippen LogP contribution is 2.57. The summed E-state index contributed by atoms with van der Waals surface area (Å²) in [4.78, 5) is 123. The van der Waals surface area contributed by atoms with Gasteiger partial charge in [0, 0.05) is 48.4 Å². The van der Waals surface area contributed by atoms with Crippen LogP contribution >= 0.6 is 35.2 Å². The minimum Gasteiger partial charge on any atom is -0.790 e. The molecule has 1 saturated heterocycles. The van der Waals surface area contributed by atoms with Crippen LogP contribution in [0.25, 0.3) is 11.2 Å². The van der Waals surface area contributed by atoms with Gasteiger partial charge in [-0.05, 0) is 25.2 Å². The molecule has 2 aromatic rings. The number of amides is 2. The lowest BCUT2D eigenvalue weighted by molar-refractivity contribution is -0.347. The molecular weight excluding hydrogens is 951 g/mol. The number of hydrogen-bond acceptors (Lipinski definition) is 25. The van der Waals surface area contributed by atoms with E-state index in [-0.39, 0.29) is 53.9 Å². The van der Waals surface area contributed by atoms with Gasteiger partial charge in [0.1, 0.15) is 47.8 Å². The molecule has 5 rings (SSSR count). The number of carbonyl (C=O) groups is 5. The molecule has 2 aromatic heterocycles. The van der Waals surface area contributed by atoms with E-state index in [1.807, 2.05) is 6.92 Å². The summed E-state index contributed by atoms with van der Waals surface area (Å²) in [6, 6.07) is 0. The smallest absolute Gasteiger partial charge is 0.274 e. The summed E-state index contributed by atoms with van der Waals surface area (Å²) >= 11 is 0.808. The lowest BCUT2D eigenvalue weighted by atomic mass is 9.61. The first-order valence-corrected chi connectivity index (χ1v) is 25.2. The highest BCUT2D eigenvalue weighted by Gasteiger charge is 2.55. The molecule has 2 saturated carbocycles. The molecule has 2 aliphatic carbocycles. The van der Waals surface area contributed by atoms with Crippen molar-refractivity contribution in [3.8, 4) is 0 Å². The van der Waals surface area contributed by atoms with E-state index in [4.69, 9.17) is 10.5 Å². The number of aliphatic hydroxyl groups is 3. The Morgan fingerprint density at radius 1 is 1.06 bits per heavy atom. The van der Waals surface area contributed by atoms with E-state index < -0.39 is 119 Å². The summed E-state index contributed by atoms with van der Waals surface area (Å²) < 4.78 is 60.7. The molecule has 31 heteroatoms. The molecule has 1 aliphatic heterocycles. The lowest BCUT2D eigenvalue weighted by Gasteiger charge is -2.42. The molecule has 0 aromatic carbocycles. The number of phosphoric ester groups is 3. The maximum Gasteiger partial charge on any atom is 0.274 e. The number of aliphatic hydroxyl groups excluding tert-OH is 3. The van der Waals surface area contributed by atoms with Gasteiger partial charge in [0.05, 0.1) is 39.9 Å². The number of Topliss-reactive ketones (excluding diaryl/α,β-unsaturated/α-hetero) is 2. The number of anilines is 1. The second-order valence-electron chi connectivity index (χ2n) is 16.5. The first-order valence-electron chi connectivity index (χ1n) is 19.9. The van der Waals surface area contributed by atoms with E-state index in [2.05, 4.69) is 43.5 Å². The van der Waals surface area contributed by atoms with Crippen molar-refractivity contribution in [1.82, 2.24) is 30.2 Å². The Hall–Kier alpha value is -3.14. The van der Waals surface area contributed by atoms with Crippen molar-refractivity contribution in [3.63, 3.8) is 0 Å². The molecule has 7 N–H and O–H groups in total. The molecule has 65 heavy (non-hydrogen) atoms. The number of nitrogens with two attached hydrogens (primary N) is 1. The number of nitrogens with zero attached hydrogens (tertiary/aromatic N) is 4. The monoisotopic (exact) mass is 999 g/mol. The summed E-state index contributed by atoms with van der Waals surface area (Å²) in [6.45, 7) is 1.52. The van der Waals surface area contributed by atoms with Crippen molar-refractivity contribution >= 4 is 80.7 Å². The number of phosphoric acid groups is 3. The van der Waals surface area contributed by atoms with E-state index in [9.17, 15) is 72.6 Å². The maximum absolute atomic E-state index is 13.0. The Balaban J connectivity index is 1.01. The van der Waals surface area contributed by atoms with Gasteiger partial charge in [-0.15, -0.1) is 0 Å². The second-order valence-corrected chi connectivity index (χ2v) is 21.7. The third kappa shape index (κ3) is 13.3. The predicted molar refractivity (Wildman–Crippen MR) is 212 cm³/mol. The number of ketones is 2. The molecule has 3 aliphatic rings. The number of hydrogen-bond donors (Lipinski definition) is 6. The van der Waals surface area contributed by atoms with Gasteiger partial charge in [0.15, 0.2) is 22.8 Å². The van der Waals surface area contributed by atoms with Gasteiger partial charge >= 0.3 is 0 Å². The van der Waals surface area contributed by atoms with E-state index >= 15 is 0 Å². The van der Waals surface area contributed by atoms with Crippen molar-refractivity contribution in [1.29, 1.82) is 0 Å². The van der Waals surface area contributed by atoms with Gasteiger partial charge in [-0.3, -0.25) is 37.7 Å². The first-order chi connectivity index (χ1) is 30.1. The summed E-state index contributed by atoms with van der Waals surface area (Å²) in [7, 11) is -17.7. The highest BCUT2D eigenvalue weighted by atomic mass is 32.2. The van der Waals surface area contributed by atoms with Crippen LogP contribution in [0, 0.1) is 22.7 Å². The summed E-state index contributed by atoms with van der Waals surface area (Å²) in [5.74, 6) is -3.10. The number of ether oxygens (including phenoxy) is 1. The molecule has 0 bridgehead atoms. The number of aromatic nitrogens is 4. The minimum absolute atomic E-state index is 0.0134. The van der Waals surface area contributed by atoms with Crippen LogP contribution in [0.4, 0.5) is 5.82 Å².